The van der Waals surface area contributed by atoms with Crippen LogP contribution in [0.4, 0.5) is 4.39 Å². The van der Waals surface area contributed by atoms with Crippen molar-refractivity contribution < 1.29 is 4.39 Å². The normalized spacial score (nSPS) is 12.6. The van der Waals surface area contributed by atoms with Crippen molar-refractivity contribution in [2.45, 2.75) is 19.5 Å². The van der Waals surface area contributed by atoms with E-state index in [0.717, 1.165) is 16.6 Å². The highest BCUT2D eigenvalue weighted by Crippen LogP contribution is 2.24. The van der Waals surface area contributed by atoms with Crippen LogP contribution in [0.5, 0.6) is 0 Å². The Morgan fingerprint density at radius 1 is 1.41 bits per heavy atom. The van der Waals surface area contributed by atoms with Crippen molar-refractivity contribution in [1.29, 1.82) is 0 Å². The molecule has 0 saturated heterocycles. The third kappa shape index (κ3) is 3.37. The largest absolute Gasteiger partial charge is 0.306 e. The molecule has 4 heteroatoms. The van der Waals surface area contributed by atoms with E-state index in [1.165, 1.54) is 17.7 Å². The zero-order chi connectivity index (χ0) is 12.3. The van der Waals surface area contributed by atoms with Crippen molar-refractivity contribution >= 4 is 27.3 Å². The van der Waals surface area contributed by atoms with Gasteiger partial charge in [-0.1, -0.05) is 22.0 Å². The highest BCUT2D eigenvalue weighted by Gasteiger charge is 2.09. The average molecular weight is 314 g/mol. The Bertz CT molecular complexity index is 484. The predicted octanol–water partition coefficient (Wildman–Crippen LogP) is 4.50. The van der Waals surface area contributed by atoms with Crippen LogP contribution in [0.3, 0.4) is 0 Å². The molecule has 0 aliphatic carbocycles. The van der Waals surface area contributed by atoms with Crippen LogP contribution < -0.4 is 5.32 Å². The van der Waals surface area contributed by atoms with E-state index in [-0.39, 0.29) is 11.9 Å². The summed E-state index contributed by atoms with van der Waals surface area (Å²) in [7, 11) is 0. The topological polar surface area (TPSA) is 12.0 Å². The number of rotatable bonds is 4. The molecular weight excluding hydrogens is 301 g/mol. The molecule has 1 N–H and O–H groups in total. The highest BCUT2D eigenvalue weighted by atomic mass is 79.9. The first kappa shape index (κ1) is 12.7. The predicted molar refractivity (Wildman–Crippen MR) is 73.7 cm³/mol. The molecule has 90 valence electrons. The molecular formula is C13H13BrFNS. The van der Waals surface area contributed by atoms with Gasteiger partial charge in [0.05, 0.1) is 0 Å². The monoisotopic (exact) mass is 313 g/mol. The smallest absolute Gasteiger partial charge is 0.124 e. The molecule has 1 heterocycles. The number of nitrogens with one attached hydrogen (secondary N) is 1. The van der Waals surface area contributed by atoms with Crippen LogP contribution in [-0.4, -0.2) is 0 Å². The summed E-state index contributed by atoms with van der Waals surface area (Å²) in [6.07, 6.45) is 0. The van der Waals surface area contributed by atoms with Gasteiger partial charge in [-0.05, 0) is 47.0 Å². The van der Waals surface area contributed by atoms with Crippen LogP contribution in [-0.2, 0) is 6.54 Å². The van der Waals surface area contributed by atoms with E-state index >= 15 is 0 Å². The Morgan fingerprint density at radius 2 is 2.24 bits per heavy atom. The maximum Gasteiger partial charge on any atom is 0.124 e. The highest BCUT2D eigenvalue weighted by molar-refractivity contribution is 9.10. The third-order valence-electron chi connectivity index (χ3n) is 2.62. The summed E-state index contributed by atoms with van der Waals surface area (Å²) >= 11 is 5.08. The first-order chi connectivity index (χ1) is 8.16. The number of benzene rings is 1. The average Bonchev–Trinajstić information content (AvgIpc) is 2.78. The Balaban J connectivity index is 2.01. The molecule has 0 saturated carbocycles. The van der Waals surface area contributed by atoms with Crippen LogP contribution >= 0.6 is 27.3 Å². The van der Waals surface area contributed by atoms with Gasteiger partial charge in [0.15, 0.2) is 0 Å². The van der Waals surface area contributed by atoms with Crippen LogP contribution in [0, 0.1) is 5.82 Å². The number of thiophene rings is 1. The fourth-order valence-electron chi connectivity index (χ4n) is 1.63. The quantitative estimate of drug-likeness (QED) is 0.876. The number of hydrogen-bond acceptors (Lipinski definition) is 2. The molecule has 2 rings (SSSR count). The lowest BCUT2D eigenvalue weighted by Gasteiger charge is -2.15. The maximum absolute atomic E-state index is 13.0. The standard InChI is InChI=1S/C13H13BrFNS/c1-9(16-7-10-4-5-17-8-10)12-3-2-11(15)6-13(12)14/h2-6,8-9,16H,7H2,1H3. The van der Waals surface area contributed by atoms with Crippen LogP contribution in [0.25, 0.3) is 0 Å². The minimum absolute atomic E-state index is 0.185. The van der Waals surface area contributed by atoms with Crippen molar-refractivity contribution in [3.63, 3.8) is 0 Å². The van der Waals surface area contributed by atoms with Gasteiger partial charge in [0.2, 0.25) is 0 Å². The lowest BCUT2D eigenvalue weighted by atomic mass is 10.1. The summed E-state index contributed by atoms with van der Waals surface area (Å²) in [5.74, 6) is -0.217. The van der Waals surface area contributed by atoms with Gasteiger partial charge in [-0.15, -0.1) is 0 Å². The molecule has 0 spiro atoms. The molecule has 2 aromatic rings. The van der Waals surface area contributed by atoms with Gasteiger partial charge in [-0.2, -0.15) is 11.3 Å². The Kier molecular flexibility index (Phi) is 4.31. The third-order valence-corrected chi connectivity index (χ3v) is 4.04. The minimum Gasteiger partial charge on any atom is -0.306 e. The van der Waals surface area contributed by atoms with E-state index in [2.05, 4.69) is 45.0 Å². The molecule has 1 aromatic carbocycles. The van der Waals surface area contributed by atoms with E-state index in [9.17, 15) is 4.39 Å². The second kappa shape index (κ2) is 5.76. The lowest BCUT2D eigenvalue weighted by molar-refractivity contribution is 0.569. The molecule has 0 bridgehead atoms. The number of hydrogen-bond donors (Lipinski definition) is 1. The molecule has 0 aliphatic heterocycles. The fraction of sp³-hybridized carbons (Fsp3) is 0.231. The second-order valence-electron chi connectivity index (χ2n) is 3.90. The lowest BCUT2D eigenvalue weighted by Crippen LogP contribution is -2.18. The molecule has 0 fully saturated rings. The van der Waals surface area contributed by atoms with Gasteiger partial charge < -0.3 is 5.32 Å². The second-order valence-corrected chi connectivity index (χ2v) is 5.53. The van der Waals surface area contributed by atoms with Crippen molar-refractivity contribution in [2.75, 3.05) is 0 Å². The Morgan fingerprint density at radius 3 is 2.88 bits per heavy atom. The van der Waals surface area contributed by atoms with Gasteiger partial charge in [0.25, 0.3) is 0 Å². The van der Waals surface area contributed by atoms with E-state index < -0.39 is 0 Å². The number of halogens is 2. The molecule has 0 aliphatic rings. The van der Waals surface area contributed by atoms with Crippen molar-refractivity contribution in [3.05, 3.63) is 56.4 Å². The zero-order valence-electron chi connectivity index (χ0n) is 9.41. The summed E-state index contributed by atoms with van der Waals surface area (Å²) in [6.45, 7) is 2.90. The maximum atomic E-state index is 13.0. The summed E-state index contributed by atoms with van der Waals surface area (Å²) in [4.78, 5) is 0. The molecule has 17 heavy (non-hydrogen) atoms. The van der Waals surface area contributed by atoms with E-state index in [0.29, 0.717) is 0 Å². The minimum atomic E-state index is -0.217. The summed E-state index contributed by atoms with van der Waals surface area (Å²) in [5, 5.41) is 7.61. The van der Waals surface area contributed by atoms with Gasteiger partial charge >= 0.3 is 0 Å². The van der Waals surface area contributed by atoms with Gasteiger partial charge in [0.1, 0.15) is 5.82 Å². The summed E-state index contributed by atoms with van der Waals surface area (Å²) in [6, 6.07) is 7.08. The van der Waals surface area contributed by atoms with Crippen molar-refractivity contribution in [1.82, 2.24) is 5.32 Å². The van der Waals surface area contributed by atoms with E-state index in [1.807, 2.05) is 6.07 Å². The van der Waals surface area contributed by atoms with Gasteiger partial charge in [-0.3, -0.25) is 0 Å². The van der Waals surface area contributed by atoms with E-state index in [1.54, 1.807) is 11.3 Å². The van der Waals surface area contributed by atoms with E-state index in [4.69, 9.17) is 0 Å². The summed E-state index contributed by atoms with van der Waals surface area (Å²) < 4.78 is 13.8. The van der Waals surface area contributed by atoms with Crippen molar-refractivity contribution in [3.8, 4) is 0 Å². The first-order valence-corrected chi connectivity index (χ1v) is 7.10. The molecule has 0 radical (unpaired) electrons. The fourth-order valence-corrected chi connectivity index (χ4v) is 2.99. The summed E-state index contributed by atoms with van der Waals surface area (Å²) in [5.41, 5.74) is 2.35. The van der Waals surface area contributed by atoms with Crippen molar-refractivity contribution in [2.24, 2.45) is 0 Å². The first-order valence-electron chi connectivity index (χ1n) is 5.36. The van der Waals surface area contributed by atoms with Crippen LogP contribution in [0.1, 0.15) is 24.1 Å². The van der Waals surface area contributed by atoms with Gasteiger partial charge in [-0.25, -0.2) is 4.39 Å². The zero-order valence-corrected chi connectivity index (χ0v) is 11.8. The Labute approximate surface area is 113 Å². The van der Waals surface area contributed by atoms with Crippen LogP contribution in [0.2, 0.25) is 0 Å². The van der Waals surface area contributed by atoms with Crippen LogP contribution in [0.15, 0.2) is 39.5 Å². The molecule has 1 atom stereocenters. The SMILES string of the molecule is CC(NCc1ccsc1)c1ccc(F)cc1Br. The molecule has 1 nitrogen and oxygen atoms in total. The Hall–Kier alpha value is -0.710. The molecule has 0 amide bonds. The molecule has 1 unspecified atom stereocenters. The molecule has 1 aromatic heterocycles. The van der Waals surface area contributed by atoms with Gasteiger partial charge in [0, 0.05) is 17.1 Å².